The molecule has 3 rings (SSSR count). The topological polar surface area (TPSA) is 60.7 Å². The van der Waals surface area contributed by atoms with Gasteiger partial charge in [0, 0.05) is 12.4 Å². The van der Waals surface area contributed by atoms with Crippen molar-refractivity contribution < 1.29 is 4.79 Å². The Morgan fingerprint density at radius 3 is 2.58 bits per heavy atom. The number of hydrogen-bond acceptors (Lipinski definition) is 4. The molecule has 0 bridgehead atoms. The number of carbonyl (C=O) groups excluding carboxylic acids is 1. The van der Waals surface area contributed by atoms with Gasteiger partial charge in [-0.05, 0) is 18.2 Å². The van der Waals surface area contributed by atoms with Gasteiger partial charge in [0.1, 0.15) is 11.4 Å². The highest BCUT2D eigenvalue weighted by Gasteiger charge is 2.16. The van der Waals surface area contributed by atoms with Crippen LogP contribution in [-0.2, 0) is 0 Å². The minimum Gasteiger partial charge on any atom is -0.285 e. The highest BCUT2D eigenvalue weighted by Crippen LogP contribution is 2.12. The molecule has 0 N–H and O–H groups in total. The van der Waals surface area contributed by atoms with Crippen LogP contribution in [-0.4, -0.2) is 25.5 Å². The van der Waals surface area contributed by atoms with E-state index in [4.69, 9.17) is 0 Å². The van der Waals surface area contributed by atoms with Crippen LogP contribution >= 0.6 is 0 Å². The molecule has 0 fully saturated rings. The first-order chi connectivity index (χ1) is 9.36. The monoisotopic (exact) mass is 250 g/mol. The van der Waals surface area contributed by atoms with Crippen LogP contribution in [0.1, 0.15) is 16.2 Å². The SMILES string of the molecule is O=C(c1cnccn1)c1ccnn1-c1ccccc1. The Kier molecular flexibility index (Phi) is 2.86. The molecule has 0 aliphatic rings. The number of ketones is 1. The fraction of sp³-hybridized carbons (Fsp3) is 0. The fourth-order valence-electron chi connectivity index (χ4n) is 1.80. The van der Waals surface area contributed by atoms with E-state index in [0.29, 0.717) is 11.4 Å². The van der Waals surface area contributed by atoms with Crippen LogP contribution in [0.15, 0.2) is 61.2 Å². The molecular formula is C14H10N4O. The zero-order chi connectivity index (χ0) is 13.1. The molecule has 0 radical (unpaired) electrons. The van der Waals surface area contributed by atoms with Gasteiger partial charge in [0.15, 0.2) is 0 Å². The minimum absolute atomic E-state index is 0.200. The third-order valence-corrected chi connectivity index (χ3v) is 2.67. The van der Waals surface area contributed by atoms with Gasteiger partial charge in [-0.3, -0.25) is 9.78 Å². The van der Waals surface area contributed by atoms with E-state index in [0.717, 1.165) is 5.69 Å². The van der Waals surface area contributed by atoms with Gasteiger partial charge in [0.05, 0.1) is 18.1 Å². The largest absolute Gasteiger partial charge is 0.285 e. The van der Waals surface area contributed by atoms with Crippen LogP contribution in [0.3, 0.4) is 0 Å². The molecule has 5 nitrogen and oxygen atoms in total. The first kappa shape index (κ1) is 11.3. The molecule has 3 aromatic rings. The lowest BCUT2D eigenvalue weighted by Gasteiger charge is -2.05. The summed E-state index contributed by atoms with van der Waals surface area (Å²) in [6.07, 6.45) is 6.07. The molecule has 0 amide bonds. The summed E-state index contributed by atoms with van der Waals surface area (Å²) in [5, 5.41) is 4.18. The van der Waals surface area contributed by atoms with Gasteiger partial charge < -0.3 is 0 Å². The van der Waals surface area contributed by atoms with Gasteiger partial charge in [-0.25, -0.2) is 9.67 Å². The second kappa shape index (κ2) is 4.81. The van der Waals surface area contributed by atoms with E-state index in [2.05, 4.69) is 15.1 Å². The Labute approximate surface area is 109 Å². The molecule has 92 valence electrons. The highest BCUT2D eigenvalue weighted by atomic mass is 16.1. The summed E-state index contributed by atoms with van der Waals surface area (Å²) in [5.41, 5.74) is 1.60. The van der Waals surface area contributed by atoms with Crippen molar-refractivity contribution in [2.24, 2.45) is 0 Å². The summed E-state index contributed by atoms with van der Waals surface area (Å²) in [6, 6.07) is 11.2. The average molecular weight is 250 g/mol. The number of benzene rings is 1. The normalized spacial score (nSPS) is 10.3. The maximum atomic E-state index is 12.3. The van der Waals surface area contributed by atoms with Gasteiger partial charge in [-0.2, -0.15) is 5.10 Å². The lowest BCUT2D eigenvalue weighted by molar-refractivity contribution is 0.102. The van der Waals surface area contributed by atoms with Crippen molar-refractivity contribution in [2.75, 3.05) is 0 Å². The van der Waals surface area contributed by atoms with Crippen LogP contribution in [0.5, 0.6) is 0 Å². The van der Waals surface area contributed by atoms with Crippen molar-refractivity contribution in [3.8, 4) is 5.69 Å². The van der Waals surface area contributed by atoms with Crippen molar-refractivity contribution in [1.29, 1.82) is 0 Å². The zero-order valence-corrected chi connectivity index (χ0v) is 9.97. The molecular weight excluding hydrogens is 240 g/mol. The fourth-order valence-corrected chi connectivity index (χ4v) is 1.80. The molecule has 0 unspecified atom stereocenters. The molecule has 0 aliphatic carbocycles. The molecule has 0 aliphatic heterocycles. The Hall–Kier alpha value is -2.82. The van der Waals surface area contributed by atoms with Gasteiger partial charge in [-0.1, -0.05) is 18.2 Å². The average Bonchev–Trinajstić information content (AvgIpc) is 2.98. The summed E-state index contributed by atoms with van der Waals surface area (Å²) < 4.78 is 1.59. The predicted molar refractivity (Wildman–Crippen MR) is 69.0 cm³/mol. The lowest BCUT2D eigenvalue weighted by atomic mass is 10.2. The smallest absolute Gasteiger partial charge is 0.231 e. The maximum Gasteiger partial charge on any atom is 0.231 e. The number of aromatic nitrogens is 4. The quantitative estimate of drug-likeness (QED) is 0.666. The van der Waals surface area contributed by atoms with E-state index >= 15 is 0 Å². The number of rotatable bonds is 3. The third-order valence-electron chi connectivity index (χ3n) is 2.67. The standard InChI is InChI=1S/C14H10N4O/c19-14(12-10-15-8-9-16-12)13-6-7-17-18(13)11-4-2-1-3-5-11/h1-10H. The van der Waals surface area contributed by atoms with E-state index in [1.54, 1.807) is 16.9 Å². The van der Waals surface area contributed by atoms with E-state index in [1.165, 1.54) is 18.6 Å². The summed E-state index contributed by atoms with van der Waals surface area (Å²) in [4.78, 5) is 20.3. The molecule has 2 heterocycles. The number of nitrogens with zero attached hydrogens (tertiary/aromatic N) is 4. The predicted octanol–water partition coefficient (Wildman–Crippen LogP) is 1.89. The molecule has 0 atom stereocenters. The van der Waals surface area contributed by atoms with Crippen molar-refractivity contribution in [3.05, 3.63) is 72.6 Å². The van der Waals surface area contributed by atoms with Crippen molar-refractivity contribution >= 4 is 5.78 Å². The zero-order valence-electron chi connectivity index (χ0n) is 9.97. The first-order valence-corrected chi connectivity index (χ1v) is 5.76. The molecule has 2 aromatic heterocycles. The molecule has 0 saturated heterocycles. The second-order valence-corrected chi connectivity index (χ2v) is 3.88. The lowest BCUT2D eigenvalue weighted by Crippen LogP contribution is -2.11. The molecule has 19 heavy (non-hydrogen) atoms. The van der Waals surface area contributed by atoms with Crippen LogP contribution < -0.4 is 0 Å². The van der Waals surface area contributed by atoms with E-state index in [9.17, 15) is 4.79 Å². The van der Waals surface area contributed by atoms with Gasteiger partial charge >= 0.3 is 0 Å². The van der Waals surface area contributed by atoms with Gasteiger partial charge in [-0.15, -0.1) is 0 Å². The van der Waals surface area contributed by atoms with Crippen LogP contribution in [0.25, 0.3) is 5.69 Å². The first-order valence-electron chi connectivity index (χ1n) is 5.76. The van der Waals surface area contributed by atoms with Gasteiger partial charge in [0.25, 0.3) is 0 Å². The minimum atomic E-state index is -0.200. The molecule has 0 saturated carbocycles. The third kappa shape index (κ3) is 2.13. The molecule has 0 spiro atoms. The van der Waals surface area contributed by atoms with Crippen LogP contribution in [0.4, 0.5) is 0 Å². The Morgan fingerprint density at radius 2 is 1.84 bits per heavy atom. The van der Waals surface area contributed by atoms with Crippen molar-refractivity contribution in [1.82, 2.24) is 19.7 Å². The Morgan fingerprint density at radius 1 is 1.00 bits per heavy atom. The van der Waals surface area contributed by atoms with E-state index in [1.807, 2.05) is 30.3 Å². The van der Waals surface area contributed by atoms with E-state index in [-0.39, 0.29) is 5.78 Å². The molecule has 5 heteroatoms. The summed E-state index contributed by atoms with van der Waals surface area (Å²) in [6.45, 7) is 0. The molecule has 1 aromatic carbocycles. The van der Waals surface area contributed by atoms with Crippen molar-refractivity contribution in [2.45, 2.75) is 0 Å². The van der Waals surface area contributed by atoms with Crippen LogP contribution in [0.2, 0.25) is 0 Å². The van der Waals surface area contributed by atoms with E-state index < -0.39 is 0 Å². The van der Waals surface area contributed by atoms with Gasteiger partial charge in [0.2, 0.25) is 5.78 Å². The highest BCUT2D eigenvalue weighted by molar-refractivity contribution is 6.06. The van der Waals surface area contributed by atoms with Crippen molar-refractivity contribution in [3.63, 3.8) is 0 Å². The number of hydrogen-bond donors (Lipinski definition) is 0. The number of carbonyl (C=O) groups is 1. The Bertz CT molecular complexity index is 692. The number of para-hydroxylation sites is 1. The maximum absolute atomic E-state index is 12.3. The Balaban J connectivity index is 2.04. The second-order valence-electron chi connectivity index (χ2n) is 3.88. The summed E-state index contributed by atoms with van der Waals surface area (Å²) >= 11 is 0. The van der Waals surface area contributed by atoms with Crippen LogP contribution in [0, 0.1) is 0 Å². The summed E-state index contributed by atoms with van der Waals surface area (Å²) in [7, 11) is 0. The summed E-state index contributed by atoms with van der Waals surface area (Å²) in [5.74, 6) is -0.200.